The predicted molar refractivity (Wildman–Crippen MR) is 115 cm³/mol. The minimum Gasteiger partial charge on any atom is -0.493 e. The lowest BCUT2D eigenvalue weighted by Crippen LogP contribution is -2.51. The molecule has 3 heterocycles. The minimum absolute atomic E-state index is 0.0843. The minimum atomic E-state index is 0.0843. The monoisotopic (exact) mass is 443 g/mol. The van der Waals surface area contributed by atoms with E-state index < -0.39 is 0 Å². The van der Waals surface area contributed by atoms with Crippen LogP contribution in [0.4, 0.5) is 0 Å². The SMILES string of the molecule is COc1ccc(CCC(=O)N2CC(n3cc(CN4CCCC4=O)nn3)C2)c(OC)c1OC. The molecule has 1 aromatic carbocycles. The Balaban J connectivity index is 1.29. The molecule has 2 aliphatic heterocycles. The second kappa shape index (κ2) is 9.46. The Morgan fingerprint density at radius 2 is 1.91 bits per heavy atom. The van der Waals surface area contributed by atoms with Gasteiger partial charge in [0, 0.05) is 32.5 Å². The van der Waals surface area contributed by atoms with Crippen molar-refractivity contribution in [3.63, 3.8) is 0 Å². The van der Waals surface area contributed by atoms with Crippen LogP contribution >= 0.6 is 0 Å². The van der Waals surface area contributed by atoms with Gasteiger partial charge in [-0.25, -0.2) is 4.68 Å². The molecular weight excluding hydrogens is 414 g/mol. The summed E-state index contributed by atoms with van der Waals surface area (Å²) in [5.74, 6) is 1.97. The number of methoxy groups -OCH3 is 3. The number of aryl methyl sites for hydroxylation is 1. The summed E-state index contributed by atoms with van der Waals surface area (Å²) in [6, 6.07) is 3.83. The number of benzene rings is 1. The lowest BCUT2D eigenvalue weighted by Gasteiger charge is -2.39. The van der Waals surface area contributed by atoms with E-state index in [4.69, 9.17) is 14.2 Å². The fourth-order valence-electron chi connectivity index (χ4n) is 4.22. The van der Waals surface area contributed by atoms with Gasteiger partial charge < -0.3 is 24.0 Å². The average Bonchev–Trinajstić information content (AvgIpc) is 3.39. The van der Waals surface area contributed by atoms with Crippen molar-refractivity contribution in [2.75, 3.05) is 41.0 Å². The highest BCUT2D eigenvalue weighted by molar-refractivity contribution is 5.78. The van der Waals surface area contributed by atoms with E-state index in [-0.39, 0.29) is 17.9 Å². The molecule has 0 bridgehead atoms. The van der Waals surface area contributed by atoms with Gasteiger partial charge in [0.15, 0.2) is 11.5 Å². The first kappa shape index (κ1) is 21.9. The van der Waals surface area contributed by atoms with E-state index in [2.05, 4.69) is 10.3 Å². The van der Waals surface area contributed by atoms with Gasteiger partial charge in [-0.1, -0.05) is 11.3 Å². The highest BCUT2D eigenvalue weighted by Gasteiger charge is 2.33. The summed E-state index contributed by atoms with van der Waals surface area (Å²) in [7, 11) is 4.72. The summed E-state index contributed by atoms with van der Waals surface area (Å²) >= 11 is 0. The van der Waals surface area contributed by atoms with Crippen LogP contribution in [0.1, 0.15) is 36.6 Å². The molecule has 172 valence electrons. The van der Waals surface area contributed by atoms with Gasteiger partial charge in [-0.3, -0.25) is 9.59 Å². The van der Waals surface area contributed by atoms with Gasteiger partial charge in [-0.15, -0.1) is 5.10 Å². The van der Waals surface area contributed by atoms with Crippen LogP contribution in [0.25, 0.3) is 0 Å². The molecule has 0 spiro atoms. The number of rotatable bonds is 9. The zero-order chi connectivity index (χ0) is 22.7. The molecule has 2 aliphatic rings. The Labute approximate surface area is 187 Å². The normalized spacial score (nSPS) is 16.3. The molecule has 0 atom stereocenters. The summed E-state index contributed by atoms with van der Waals surface area (Å²) < 4.78 is 18.0. The first-order valence-electron chi connectivity index (χ1n) is 10.8. The first-order valence-corrected chi connectivity index (χ1v) is 10.8. The Morgan fingerprint density at radius 1 is 1.12 bits per heavy atom. The fraction of sp³-hybridized carbons (Fsp3) is 0.545. The van der Waals surface area contributed by atoms with Crippen molar-refractivity contribution in [1.29, 1.82) is 0 Å². The molecular formula is C22H29N5O5. The molecule has 10 heteroatoms. The van der Waals surface area contributed by atoms with E-state index >= 15 is 0 Å². The number of carbonyl (C=O) groups is 2. The van der Waals surface area contributed by atoms with Crippen molar-refractivity contribution < 1.29 is 23.8 Å². The molecule has 0 N–H and O–H groups in total. The molecule has 32 heavy (non-hydrogen) atoms. The van der Waals surface area contributed by atoms with E-state index in [9.17, 15) is 9.59 Å². The van der Waals surface area contributed by atoms with E-state index in [1.807, 2.05) is 28.1 Å². The quantitative estimate of drug-likeness (QED) is 0.578. The molecule has 2 amide bonds. The van der Waals surface area contributed by atoms with Gasteiger partial charge in [-0.05, 0) is 24.5 Å². The van der Waals surface area contributed by atoms with E-state index in [1.165, 1.54) is 0 Å². The van der Waals surface area contributed by atoms with E-state index in [0.29, 0.717) is 56.1 Å². The van der Waals surface area contributed by atoms with Crippen LogP contribution in [-0.4, -0.2) is 77.6 Å². The molecule has 0 radical (unpaired) electrons. The summed E-state index contributed by atoms with van der Waals surface area (Å²) in [6.45, 7) is 2.49. The van der Waals surface area contributed by atoms with Crippen molar-refractivity contribution in [1.82, 2.24) is 24.8 Å². The largest absolute Gasteiger partial charge is 0.493 e. The molecule has 2 aromatic rings. The molecule has 2 saturated heterocycles. The van der Waals surface area contributed by atoms with Crippen molar-refractivity contribution in [3.05, 3.63) is 29.6 Å². The highest BCUT2D eigenvalue weighted by atomic mass is 16.5. The number of nitrogens with zero attached hydrogens (tertiary/aromatic N) is 5. The molecule has 0 saturated carbocycles. The Morgan fingerprint density at radius 3 is 2.56 bits per heavy atom. The van der Waals surface area contributed by atoms with Gasteiger partial charge in [0.2, 0.25) is 17.6 Å². The van der Waals surface area contributed by atoms with Gasteiger partial charge in [0.1, 0.15) is 5.69 Å². The average molecular weight is 444 g/mol. The maximum Gasteiger partial charge on any atom is 0.223 e. The van der Waals surface area contributed by atoms with Crippen LogP contribution in [0, 0.1) is 0 Å². The van der Waals surface area contributed by atoms with Crippen LogP contribution in [0.15, 0.2) is 18.3 Å². The van der Waals surface area contributed by atoms with Crippen LogP contribution in [-0.2, 0) is 22.6 Å². The standard InChI is InChI=1S/C22H29N5O5/c1-30-18-8-6-15(21(31-2)22(18)32-3)7-9-20(29)26-13-17(14-26)27-12-16(23-24-27)11-25-10-4-5-19(25)28/h6,8,12,17H,4-5,7,9-11,13-14H2,1-3H3. The molecule has 2 fully saturated rings. The summed E-state index contributed by atoms with van der Waals surface area (Å²) in [5, 5.41) is 8.39. The first-order chi connectivity index (χ1) is 15.5. The summed E-state index contributed by atoms with van der Waals surface area (Å²) in [5.41, 5.74) is 1.68. The second-order valence-electron chi connectivity index (χ2n) is 8.05. The number of carbonyl (C=O) groups excluding carboxylic acids is 2. The highest BCUT2D eigenvalue weighted by Crippen LogP contribution is 2.40. The number of amides is 2. The van der Waals surface area contributed by atoms with Gasteiger partial charge >= 0.3 is 0 Å². The number of hydrogen-bond acceptors (Lipinski definition) is 7. The number of likely N-dealkylation sites (tertiary alicyclic amines) is 2. The topological polar surface area (TPSA) is 99.0 Å². The summed E-state index contributed by atoms with van der Waals surface area (Å²) in [4.78, 5) is 28.1. The maximum absolute atomic E-state index is 12.7. The summed E-state index contributed by atoms with van der Waals surface area (Å²) in [6.07, 6.45) is 4.32. The lowest BCUT2D eigenvalue weighted by molar-refractivity contribution is -0.137. The third-order valence-electron chi connectivity index (χ3n) is 6.07. The Hall–Kier alpha value is -3.30. The molecule has 0 aliphatic carbocycles. The van der Waals surface area contributed by atoms with Crippen molar-refractivity contribution in [2.24, 2.45) is 0 Å². The zero-order valence-electron chi connectivity index (χ0n) is 18.7. The van der Waals surface area contributed by atoms with Crippen LogP contribution in [0.3, 0.4) is 0 Å². The number of aromatic nitrogens is 3. The van der Waals surface area contributed by atoms with Gasteiger partial charge in [0.25, 0.3) is 0 Å². The van der Waals surface area contributed by atoms with Crippen molar-refractivity contribution in [2.45, 2.75) is 38.3 Å². The van der Waals surface area contributed by atoms with Crippen LogP contribution < -0.4 is 14.2 Å². The fourth-order valence-corrected chi connectivity index (χ4v) is 4.22. The predicted octanol–water partition coefficient (Wildman–Crippen LogP) is 1.44. The van der Waals surface area contributed by atoms with Crippen molar-refractivity contribution >= 4 is 11.8 Å². The second-order valence-corrected chi connectivity index (χ2v) is 8.05. The van der Waals surface area contributed by atoms with Gasteiger partial charge in [-0.2, -0.15) is 0 Å². The van der Waals surface area contributed by atoms with Crippen LogP contribution in [0.5, 0.6) is 17.2 Å². The van der Waals surface area contributed by atoms with Gasteiger partial charge in [0.05, 0.1) is 40.1 Å². The maximum atomic E-state index is 12.7. The van der Waals surface area contributed by atoms with Crippen molar-refractivity contribution in [3.8, 4) is 17.2 Å². The lowest BCUT2D eigenvalue weighted by atomic mass is 10.0. The van der Waals surface area contributed by atoms with E-state index in [0.717, 1.165) is 24.2 Å². The zero-order valence-corrected chi connectivity index (χ0v) is 18.7. The number of ether oxygens (including phenoxy) is 3. The molecule has 4 rings (SSSR count). The third kappa shape index (κ3) is 4.35. The number of hydrogen-bond donors (Lipinski definition) is 0. The Kier molecular flexibility index (Phi) is 6.48. The van der Waals surface area contributed by atoms with Crippen LogP contribution in [0.2, 0.25) is 0 Å². The molecule has 10 nitrogen and oxygen atoms in total. The smallest absolute Gasteiger partial charge is 0.223 e. The van der Waals surface area contributed by atoms with E-state index in [1.54, 1.807) is 26.0 Å². The molecule has 1 aromatic heterocycles. The Bertz CT molecular complexity index is 985. The third-order valence-corrected chi connectivity index (χ3v) is 6.07. The molecule has 0 unspecified atom stereocenters.